The molecule has 0 amide bonds. The molecule has 4 heteroatoms. The Morgan fingerprint density at radius 2 is 1.94 bits per heavy atom. The zero-order valence-electron chi connectivity index (χ0n) is 9.26. The van der Waals surface area contributed by atoms with Gasteiger partial charge in [-0.05, 0) is 25.0 Å². The van der Waals surface area contributed by atoms with E-state index in [2.05, 4.69) is 17.2 Å². The molecule has 1 aromatic carbocycles. The molecular formula is C12H17N4+. The molecule has 4 N–H and O–H groups in total. The highest BCUT2D eigenvalue weighted by atomic mass is 15.9. The minimum absolute atomic E-state index is 0.252. The van der Waals surface area contributed by atoms with E-state index in [1.165, 1.54) is 12.8 Å². The highest BCUT2D eigenvalue weighted by Crippen LogP contribution is 2.39. The van der Waals surface area contributed by atoms with Crippen LogP contribution in [0, 0.1) is 0 Å². The summed E-state index contributed by atoms with van der Waals surface area (Å²) < 4.78 is 0.252. The van der Waals surface area contributed by atoms with Gasteiger partial charge in [0, 0.05) is 11.6 Å². The van der Waals surface area contributed by atoms with Gasteiger partial charge in [0.2, 0.25) is 5.69 Å². The maximum Gasteiger partial charge on any atom is 0.207 e. The Morgan fingerprint density at radius 1 is 1.19 bits per heavy atom. The number of quaternary nitrogens is 1. The number of fused-ring (bicyclic) bond motifs is 1. The fourth-order valence-corrected chi connectivity index (χ4v) is 2.66. The molecule has 4 nitrogen and oxygen atoms in total. The molecule has 0 spiro atoms. The van der Waals surface area contributed by atoms with Gasteiger partial charge in [-0.25, -0.2) is 0 Å². The second-order valence-corrected chi connectivity index (χ2v) is 4.50. The van der Waals surface area contributed by atoms with E-state index in [0.29, 0.717) is 0 Å². The fourth-order valence-electron chi connectivity index (χ4n) is 2.66. The van der Waals surface area contributed by atoms with Crippen LogP contribution in [0.2, 0.25) is 0 Å². The largest absolute Gasteiger partial charge is 0.394 e. The van der Waals surface area contributed by atoms with E-state index >= 15 is 0 Å². The molecule has 16 heavy (non-hydrogen) atoms. The van der Waals surface area contributed by atoms with Gasteiger partial charge in [0.25, 0.3) is 0 Å². The summed E-state index contributed by atoms with van der Waals surface area (Å²) in [7, 11) is 0. The minimum atomic E-state index is 0.252. The van der Waals surface area contributed by atoms with Crippen LogP contribution in [0.15, 0.2) is 24.4 Å². The molecule has 0 aliphatic carbocycles. The quantitative estimate of drug-likeness (QED) is 0.425. The average Bonchev–Trinajstić information content (AvgIpc) is 2.87. The van der Waals surface area contributed by atoms with Crippen molar-refractivity contribution in [2.45, 2.75) is 12.8 Å². The summed E-state index contributed by atoms with van der Waals surface area (Å²) in [6, 6.07) is 5.95. The molecule has 1 unspecified atom stereocenters. The fraction of sp³-hybridized carbons (Fsp3) is 0.333. The van der Waals surface area contributed by atoms with Crippen LogP contribution in [0.4, 0.5) is 11.4 Å². The minimum Gasteiger partial charge on any atom is -0.394 e. The third-order valence-corrected chi connectivity index (χ3v) is 3.49. The van der Waals surface area contributed by atoms with Crippen molar-refractivity contribution < 1.29 is 0 Å². The Morgan fingerprint density at radius 3 is 2.69 bits per heavy atom. The lowest BCUT2D eigenvalue weighted by atomic mass is 10.2. The number of para-hydroxylation sites is 1. The molecule has 2 aliphatic heterocycles. The smallest absolute Gasteiger partial charge is 0.207 e. The lowest BCUT2D eigenvalue weighted by molar-refractivity contribution is 0.0583. The Balaban J connectivity index is 2.10. The number of anilines is 1. The van der Waals surface area contributed by atoms with Gasteiger partial charge in [-0.3, -0.25) is 0 Å². The molecular weight excluding hydrogens is 200 g/mol. The molecule has 1 saturated heterocycles. The van der Waals surface area contributed by atoms with Crippen LogP contribution in [0.5, 0.6) is 0 Å². The lowest BCUT2D eigenvalue weighted by Crippen LogP contribution is -2.61. The molecule has 1 atom stereocenters. The summed E-state index contributed by atoms with van der Waals surface area (Å²) in [4.78, 5) is 0. The van der Waals surface area contributed by atoms with Crippen molar-refractivity contribution in [1.82, 2.24) is 9.71 Å². The summed E-state index contributed by atoms with van der Waals surface area (Å²) in [6.07, 6.45) is 6.51. The van der Waals surface area contributed by atoms with Crippen LogP contribution < -0.4 is 16.3 Å². The molecule has 0 radical (unpaired) electrons. The van der Waals surface area contributed by atoms with Crippen LogP contribution in [0.3, 0.4) is 0 Å². The predicted octanol–water partition coefficient (Wildman–Crippen LogP) is 1.44. The van der Waals surface area contributed by atoms with Gasteiger partial charge in [0.15, 0.2) is 0 Å². The molecule has 2 heterocycles. The lowest BCUT2D eigenvalue weighted by Gasteiger charge is -2.34. The summed E-state index contributed by atoms with van der Waals surface area (Å²) in [5.41, 5.74) is 8.98. The highest BCUT2D eigenvalue weighted by Gasteiger charge is 2.41. The molecule has 3 rings (SSSR count). The van der Waals surface area contributed by atoms with Crippen molar-refractivity contribution in [2.75, 3.05) is 18.8 Å². The molecule has 0 saturated carbocycles. The average molecular weight is 217 g/mol. The van der Waals surface area contributed by atoms with Crippen molar-refractivity contribution >= 4 is 17.5 Å². The summed E-state index contributed by atoms with van der Waals surface area (Å²) in [5, 5.41) is 2.26. The van der Waals surface area contributed by atoms with Crippen LogP contribution in [0.1, 0.15) is 18.4 Å². The normalized spacial score (nSPS) is 28.6. The van der Waals surface area contributed by atoms with E-state index in [-0.39, 0.29) is 4.70 Å². The van der Waals surface area contributed by atoms with Crippen LogP contribution in [-0.2, 0) is 0 Å². The molecule has 2 aliphatic rings. The number of nitrogens with two attached hydrogens (primary N) is 2. The first-order valence-electron chi connectivity index (χ1n) is 5.73. The zero-order chi connectivity index (χ0) is 11.2. The van der Waals surface area contributed by atoms with Crippen molar-refractivity contribution in [2.24, 2.45) is 5.84 Å². The van der Waals surface area contributed by atoms with Gasteiger partial charge in [-0.15, -0.1) is 9.71 Å². The van der Waals surface area contributed by atoms with Crippen molar-refractivity contribution in [3.05, 3.63) is 30.0 Å². The monoisotopic (exact) mass is 217 g/mol. The second-order valence-electron chi connectivity index (χ2n) is 4.50. The highest BCUT2D eigenvalue weighted by molar-refractivity contribution is 5.81. The number of hydrogen-bond donors (Lipinski definition) is 2. The van der Waals surface area contributed by atoms with Crippen molar-refractivity contribution in [1.29, 1.82) is 0 Å². The van der Waals surface area contributed by atoms with E-state index in [0.717, 1.165) is 30.0 Å². The van der Waals surface area contributed by atoms with E-state index in [1.54, 1.807) is 0 Å². The number of nitrogen functional groups attached to an aromatic ring is 1. The van der Waals surface area contributed by atoms with Gasteiger partial charge < -0.3 is 5.73 Å². The number of hydrogen-bond acceptors (Lipinski definition) is 3. The molecule has 1 fully saturated rings. The number of benzene rings is 1. The Labute approximate surface area is 95.3 Å². The van der Waals surface area contributed by atoms with Crippen LogP contribution in [0.25, 0.3) is 6.08 Å². The topological polar surface area (TPSA) is 55.3 Å². The third kappa shape index (κ3) is 1.21. The standard InChI is InChI=1S/C12H17N4/c13-11-5-3-4-10-6-9-16(14,12(10)11)15-7-1-2-8-15/h3-6,9H,1-2,7-8,13-14H2/q+1. The first-order chi connectivity index (χ1) is 7.72. The summed E-state index contributed by atoms with van der Waals surface area (Å²) in [6.45, 7) is 2.07. The summed E-state index contributed by atoms with van der Waals surface area (Å²) >= 11 is 0. The second kappa shape index (κ2) is 3.31. The van der Waals surface area contributed by atoms with Gasteiger partial charge in [0.05, 0.1) is 18.8 Å². The third-order valence-electron chi connectivity index (χ3n) is 3.49. The van der Waals surface area contributed by atoms with Gasteiger partial charge in [0.1, 0.15) is 6.20 Å². The van der Waals surface area contributed by atoms with Crippen molar-refractivity contribution in [3.8, 4) is 0 Å². The number of rotatable bonds is 1. The first-order valence-corrected chi connectivity index (χ1v) is 5.73. The summed E-state index contributed by atoms with van der Waals surface area (Å²) in [5.74, 6) is 6.47. The Bertz CT molecular complexity index is 448. The maximum absolute atomic E-state index is 6.47. The Hall–Kier alpha value is -1.36. The SMILES string of the molecule is Nc1cccc2c1[N+](N)(N1CCCC1)C=C2. The molecule has 0 aromatic heterocycles. The van der Waals surface area contributed by atoms with E-state index in [4.69, 9.17) is 11.6 Å². The van der Waals surface area contributed by atoms with E-state index < -0.39 is 0 Å². The van der Waals surface area contributed by atoms with Gasteiger partial charge in [-0.2, -0.15) is 5.84 Å². The van der Waals surface area contributed by atoms with E-state index in [1.807, 2.05) is 18.3 Å². The van der Waals surface area contributed by atoms with Gasteiger partial charge >= 0.3 is 0 Å². The van der Waals surface area contributed by atoms with Crippen molar-refractivity contribution in [3.63, 3.8) is 0 Å². The van der Waals surface area contributed by atoms with Gasteiger partial charge in [-0.1, -0.05) is 6.07 Å². The molecule has 0 bridgehead atoms. The predicted molar refractivity (Wildman–Crippen MR) is 66.7 cm³/mol. The first kappa shape index (κ1) is 9.84. The molecule has 84 valence electrons. The zero-order valence-corrected chi connectivity index (χ0v) is 9.26. The van der Waals surface area contributed by atoms with Crippen LogP contribution >= 0.6 is 0 Å². The molecule has 1 aromatic rings. The van der Waals surface area contributed by atoms with E-state index in [9.17, 15) is 0 Å². The van der Waals surface area contributed by atoms with Crippen LogP contribution in [-0.4, -0.2) is 18.1 Å². The maximum atomic E-state index is 6.47. The number of nitrogens with zero attached hydrogens (tertiary/aromatic N) is 2. The Kier molecular flexibility index (Phi) is 2.04.